The van der Waals surface area contributed by atoms with Crippen LogP contribution in [-0.4, -0.2) is 33.5 Å². The summed E-state index contributed by atoms with van der Waals surface area (Å²) in [5.41, 5.74) is 39.1. The second-order valence-electron chi connectivity index (χ2n) is 33.7. The number of nitrogens with zero attached hydrogens (tertiary/aromatic N) is 7. The van der Waals surface area contributed by atoms with Crippen LogP contribution in [0.2, 0.25) is 0 Å². The lowest BCUT2D eigenvalue weighted by Gasteiger charge is -2.25. The SMILES string of the molecule is c1ccc(-c2ccc(-c3nc(-n4c5ccc(-c6cccc(-c7ccc(-c8ccc(-c9nc(-n%10c%11ccc(-c%12ccccc%12)cc%11c%11c%12c%13c(cc%11%10)-c%10cc(-c%11ccccc%11)ccc%10C(CC%13)c%10ccccc%10-%12)nc%10ccccc9%10)cc8)cc7)c6)cc5c5c6c7ccccc7n7c8ccc(-c9ccccc9)cc8c(cc54)c67)nc4c3sc3ccccc34)cc2)cc1. The smallest absolute Gasteiger partial charge is 0.235 e. The minimum atomic E-state index is 0.247. The number of rotatable bonds is 11. The number of para-hydroxylation sites is 2. The highest BCUT2D eigenvalue weighted by Gasteiger charge is 2.36. The van der Waals surface area contributed by atoms with Crippen molar-refractivity contribution in [1.82, 2.24) is 33.5 Å². The Morgan fingerprint density at radius 2 is 0.704 bits per heavy atom. The number of fused-ring (bicyclic) bond motifs is 26. The summed E-state index contributed by atoms with van der Waals surface area (Å²) in [4.78, 5) is 22.9. The van der Waals surface area contributed by atoms with Crippen molar-refractivity contribution in [2.45, 2.75) is 18.8 Å². The van der Waals surface area contributed by atoms with Crippen molar-refractivity contribution in [3.63, 3.8) is 0 Å². The number of hydrogen-bond acceptors (Lipinski definition) is 5. The maximum Gasteiger partial charge on any atom is 0.235 e. The largest absolute Gasteiger partial charge is 0.308 e. The van der Waals surface area contributed by atoms with Crippen LogP contribution in [0.3, 0.4) is 0 Å². The molecular formula is C117H71N7S. The molecule has 1 unspecified atom stereocenters. The molecule has 0 saturated heterocycles. The molecule has 0 aliphatic heterocycles. The molecular weight excluding hydrogens is 1540 g/mol. The monoisotopic (exact) mass is 1610 g/mol. The molecule has 2 aliphatic carbocycles. The molecule has 125 heavy (non-hydrogen) atoms. The number of aromatic nitrogens is 7. The second-order valence-corrected chi connectivity index (χ2v) is 34.8. The van der Waals surface area contributed by atoms with E-state index in [0.717, 1.165) is 128 Å². The molecule has 7 heterocycles. The topological polar surface area (TPSA) is 65.8 Å². The van der Waals surface area contributed by atoms with Gasteiger partial charge in [0.2, 0.25) is 11.9 Å². The zero-order chi connectivity index (χ0) is 81.6. The molecule has 2 bridgehead atoms. The van der Waals surface area contributed by atoms with Gasteiger partial charge in [-0.15, -0.1) is 11.3 Å². The average Bonchev–Trinajstić information content (AvgIpc) is 1.51. The number of benzene rings is 18. The van der Waals surface area contributed by atoms with Crippen LogP contribution in [0, 0.1) is 0 Å². The molecule has 7 aromatic heterocycles. The van der Waals surface area contributed by atoms with E-state index in [4.69, 9.17) is 19.9 Å². The molecule has 25 aromatic rings. The fourth-order valence-corrected chi connectivity index (χ4v) is 22.4. The predicted octanol–water partition coefficient (Wildman–Crippen LogP) is 30.9. The van der Waals surface area contributed by atoms with E-state index in [1.165, 1.54) is 137 Å². The third-order valence-corrected chi connectivity index (χ3v) is 28.2. The van der Waals surface area contributed by atoms with Gasteiger partial charge in [-0.05, 0) is 209 Å². The third-order valence-electron chi connectivity index (χ3n) is 27.1. The highest BCUT2D eigenvalue weighted by Crippen LogP contribution is 2.56. The molecule has 0 N–H and O–H groups in total. The lowest BCUT2D eigenvalue weighted by atomic mass is 9.78. The molecule has 580 valence electrons. The van der Waals surface area contributed by atoms with Gasteiger partial charge in [0.25, 0.3) is 0 Å². The Morgan fingerprint density at radius 3 is 1.38 bits per heavy atom. The molecule has 8 heteroatoms. The Balaban J connectivity index is 0.577. The second kappa shape index (κ2) is 27.3. The molecule has 0 saturated carbocycles. The summed E-state index contributed by atoms with van der Waals surface area (Å²) in [6.45, 7) is 0. The Labute approximate surface area is 723 Å². The van der Waals surface area contributed by atoms with Gasteiger partial charge >= 0.3 is 0 Å². The van der Waals surface area contributed by atoms with Gasteiger partial charge < -0.3 is 4.40 Å². The van der Waals surface area contributed by atoms with Gasteiger partial charge in [0.05, 0.1) is 65.7 Å². The molecule has 18 aromatic carbocycles. The first-order valence-electron chi connectivity index (χ1n) is 43.1. The summed E-state index contributed by atoms with van der Waals surface area (Å²) in [7, 11) is 0. The van der Waals surface area contributed by atoms with E-state index in [-0.39, 0.29) is 5.92 Å². The lowest BCUT2D eigenvalue weighted by molar-refractivity contribution is 0.736. The Kier molecular flexibility index (Phi) is 15.2. The van der Waals surface area contributed by atoms with Crippen LogP contribution in [0.25, 0.3) is 247 Å². The van der Waals surface area contributed by atoms with E-state index in [1.54, 1.807) is 11.3 Å². The first-order valence-corrected chi connectivity index (χ1v) is 44.0. The van der Waals surface area contributed by atoms with Crippen LogP contribution in [0.4, 0.5) is 0 Å². The molecule has 2 aliphatic rings. The van der Waals surface area contributed by atoms with Crippen molar-refractivity contribution >= 4 is 124 Å². The summed E-state index contributed by atoms with van der Waals surface area (Å²) in [6.07, 6.45) is 2.00. The van der Waals surface area contributed by atoms with Gasteiger partial charge in [-0.3, -0.25) is 9.13 Å². The van der Waals surface area contributed by atoms with Gasteiger partial charge in [-0.2, -0.15) is 0 Å². The Hall–Kier alpha value is -16.0. The van der Waals surface area contributed by atoms with E-state index < -0.39 is 0 Å². The van der Waals surface area contributed by atoms with E-state index in [2.05, 4.69) is 414 Å². The maximum absolute atomic E-state index is 5.80. The molecule has 1 atom stereocenters. The normalized spacial score (nSPS) is 13.1. The van der Waals surface area contributed by atoms with Crippen molar-refractivity contribution in [1.29, 1.82) is 0 Å². The van der Waals surface area contributed by atoms with Crippen molar-refractivity contribution in [2.75, 3.05) is 0 Å². The lowest BCUT2D eigenvalue weighted by Crippen LogP contribution is -2.06. The first kappa shape index (κ1) is 69.8. The third kappa shape index (κ3) is 10.7. The quantitative estimate of drug-likeness (QED) is 0.129. The summed E-state index contributed by atoms with van der Waals surface area (Å²) >= 11 is 1.76. The highest BCUT2D eigenvalue weighted by molar-refractivity contribution is 7.26. The number of hydrogen-bond donors (Lipinski definition) is 0. The van der Waals surface area contributed by atoms with Crippen LogP contribution in [0.5, 0.6) is 0 Å². The first-order chi connectivity index (χ1) is 62.0. The maximum atomic E-state index is 5.80. The molecule has 0 amide bonds. The highest BCUT2D eigenvalue weighted by atomic mass is 32.1. The van der Waals surface area contributed by atoms with Crippen LogP contribution >= 0.6 is 11.3 Å². The fourth-order valence-electron chi connectivity index (χ4n) is 21.3. The van der Waals surface area contributed by atoms with Crippen LogP contribution in [-0.2, 0) is 6.42 Å². The van der Waals surface area contributed by atoms with Gasteiger partial charge in [-0.1, -0.05) is 322 Å². The Bertz CT molecular complexity index is 8810. The standard InChI is InChI=1S/C117H71N7S/c1-5-22-69(23-6-1)73-46-50-78(51-47-73)112-115-113(92-36-17-20-39-106(92)125-115)121-117(120-112)124-103-61-55-84(66-98(103)109-105(124)68-96-95-64-82(71-26-9-3-10-27-71)53-59-101(95)122-100-38-19-16-35-91(100)110(109)114(96)122)80-31-21-30-79(62-80)76-42-40-74(41-43-76)75-44-48-77(49-45-75)111-90-34-15-18-37-99(90)118-116(119-111)123-102-60-54-83(72-28-11-4-12-29-72)65-97(102)108-104(123)67-94-89-58-57-86(85-32-13-14-33-88(85)107(89)108)87-56-52-81(63-93(87)94)70-24-7-2-8-25-70/h1-56,59-68,86H,57-58H2. The van der Waals surface area contributed by atoms with Crippen LogP contribution in [0.1, 0.15) is 29.0 Å². The molecule has 0 radical (unpaired) electrons. The number of thiophene rings is 1. The summed E-state index contributed by atoms with van der Waals surface area (Å²) < 4.78 is 9.49. The molecule has 0 fully saturated rings. The van der Waals surface area contributed by atoms with Crippen molar-refractivity contribution < 1.29 is 0 Å². The molecule has 0 spiro atoms. The van der Waals surface area contributed by atoms with Crippen LogP contribution in [0.15, 0.2) is 400 Å². The minimum absolute atomic E-state index is 0.247. The zero-order valence-electron chi connectivity index (χ0n) is 67.6. The fraction of sp³-hybridized carbons (Fsp3) is 0.0256. The van der Waals surface area contributed by atoms with E-state index in [0.29, 0.717) is 11.9 Å². The minimum Gasteiger partial charge on any atom is -0.308 e. The Morgan fingerprint density at radius 1 is 0.256 bits per heavy atom. The van der Waals surface area contributed by atoms with E-state index in [9.17, 15) is 0 Å². The van der Waals surface area contributed by atoms with Gasteiger partial charge in [0.1, 0.15) is 0 Å². The van der Waals surface area contributed by atoms with Crippen LogP contribution < -0.4 is 0 Å². The average molecular weight is 1610 g/mol. The van der Waals surface area contributed by atoms with Crippen molar-refractivity contribution in [2.24, 2.45) is 0 Å². The van der Waals surface area contributed by atoms with E-state index in [1.807, 2.05) is 0 Å². The molecule has 7 nitrogen and oxygen atoms in total. The zero-order valence-corrected chi connectivity index (χ0v) is 68.5. The van der Waals surface area contributed by atoms with Crippen molar-refractivity contribution in [3.05, 3.63) is 417 Å². The van der Waals surface area contributed by atoms with E-state index >= 15 is 0 Å². The van der Waals surface area contributed by atoms with Gasteiger partial charge in [0, 0.05) is 75.6 Å². The summed E-state index contributed by atoms with van der Waals surface area (Å²) in [5.74, 6) is 1.51. The van der Waals surface area contributed by atoms with Gasteiger partial charge in [0.15, 0.2) is 0 Å². The summed E-state index contributed by atoms with van der Waals surface area (Å²) in [6, 6.07) is 148. The van der Waals surface area contributed by atoms with Gasteiger partial charge in [-0.25, -0.2) is 19.9 Å². The molecule has 27 rings (SSSR count). The summed E-state index contributed by atoms with van der Waals surface area (Å²) in [5, 5.41) is 11.7. The predicted molar refractivity (Wildman–Crippen MR) is 521 cm³/mol. The van der Waals surface area contributed by atoms with Crippen molar-refractivity contribution in [3.8, 4) is 135 Å².